The summed E-state index contributed by atoms with van der Waals surface area (Å²) in [5.74, 6) is 0.0900. The van der Waals surface area contributed by atoms with Crippen LogP contribution in [-0.4, -0.2) is 7.85 Å². The Hall–Kier alpha value is -0.925. The minimum atomic E-state index is -4.28. The van der Waals surface area contributed by atoms with E-state index < -0.39 is 11.7 Å². The zero-order valence-electron chi connectivity index (χ0n) is 7.43. The van der Waals surface area contributed by atoms with E-state index in [-0.39, 0.29) is 11.4 Å². The monoisotopic (exact) mass is 196 g/mol. The van der Waals surface area contributed by atoms with Gasteiger partial charge in [-0.3, -0.25) is 0 Å². The van der Waals surface area contributed by atoms with Gasteiger partial charge in [-0.05, 0) is 24.3 Å². The molecule has 0 nitrogen and oxygen atoms in total. The first-order valence-electron chi connectivity index (χ1n) is 4.45. The fourth-order valence-corrected chi connectivity index (χ4v) is 1.57. The Bertz CT molecular complexity index is 353. The van der Waals surface area contributed by atoms with Crippen molar-refractivity contribution in [1.29, 1.82) is 0 Å². The van der Waals surface area contributed by atoms with Gasteiger partial charge in [-0.15, -0.1) is 0 Å². The largest absolute Gasteiger partial charge is 0.416 e. The maximum atomic E-state index is 12.6. The first kappa shape index (κ1) is 9.62. The standard InChI is InChI=1S/C10H8BF3/c11-7-3-4-8(6-1-2-6)9(5-7)10(12,13)14/h3-6H,1-2H2. The Morgan fingerprint density at radius 2 is 1.86 bits per heavy atom. The maximum absolute atomic E-state index is 12.6. The molecule has 0 unspecified atom stereocenters. The number of hydrogen-bond donors (Lipinski definition) is 0. The Morgan fingerprint density at radius 1 is 1.21 bits per heavy atom. The summed E-state index contributed by atoms with van der Waals surface area (Å²) >= 11 is 0. The van der Waals surface area contributed by atoms with Crippen molar-refractivity contribution < 1.29 is 13.2 Å². The molecule has 1 fully saturated rings. The van der Waals surface area contributed by atoms with Gasteiger partial charge < -0.3 is 0 Å². The maximum Gasteiger partial charge on any atom is 0.416 e. The van der Waals surface area contributed by atoms with Crippen molar-refractivity contribution in [3.63, 3.8) is 0 Å². The molecular weight excluding hydrogens is 188 g/mol. The van der Waals surface area contributed by atoms with Crippen molar-refractivity contribution >= 4 is 13.3 Å². The van der Waals surface area contributed by atoms with E-state index >= 15 is 0 Å². The summed E-state index contributed by atoms with van der Waals surface area (Å²) in [6.07, 6.45) is -2.58. The molecule has 14 heavy (non-hydrogen) atoms. The number of halogens is 3. The van der Waals surface area contributed by atoms with E-state index in [4.69, 9.17) is 7.85 Å². The molecule has 0 amide bonds. The quantitative estimate of drug-likeness (QED) is 0.604. The van der Waals surface area contributed by atoms with Crippen LogP contribution in [0.5, 0.6) is 0 Å². The summed E-state index contributed by atoms with van der Waals surface area (Å²) in [4.78, 5) is 0. The van der Waals surface area contributed by atoms with E-state index in [1.807, 2.05) is 0 Å². The highest BCUT2D eigenvalue weighted by atomic mass is 19.4. The number of rotatable bonds is 1. The lowest BCUT2D eigenvalue weighted by Crippen LogP contribution is -2.14. The summed E-state index contributed by atoms with van der Waals surface area (Å²) in [7, 11) is 5.34. The Morgan fingerprint density at radius 3 is 2.36 bits per heavy atom. The molecule has 1 saturated carbocycles. The Kier molecular flexibility index (Phi) is 2.09. The predicted octanol–water partition coefficient (Wildman–Crippen LogP) is 2.38. The highest BCUT2D eigenvalue weighted by Gasteiger charge is 2.37. The fraction of sp³-hybridized carbons (Fsp3) is 0.400. The third kappa shape index (κ3) is 1.79. The van der Waals surface area contributed by atoms with Gasteiger partial charge in [0.2, 0.25) is 0 Å². The second-order valence-electron chi connectivity index (χ2n) is 3.62. The van der Waals surface area contributed by atoms with Gasteiger partial charge in [0.1, 0.15) is 7.85 Å². The summed E-state index contributed by atoms with van der Waals surface area (Å²) in [6, 6.07) is 4.05. The van der Waals surface area contributed by atoms with Gasteiger partial charge in [0.25, 0.3) is 0 Å². The Balaban J connectivity index is 2.48. The van der Waals surface area contributed by atoms with Crippen molar-refractivity contribution in [2.45, 2.75) is 24.9 Å². The van der Waals surface area contributed by atoms with Gasteiger partial charge in [-0.2, -0.15) is 13.2 Å². The lowest BCUT2D eigenvalue weighted by Gasteiger charge is -2.13. The molecule has 0 aliphatic heterocycles. The molecular formula is C10H8BF3. The lowest BCUT2D eigenvalue weighted by molar-refractivity contribution is -0.138. The van der Waals surface area contributed by atoms with Crippen molar-refractivity contribution in [3.8, 4) is 0 Å². The first-order chi connectivity index (χ1) is 6.48. The molecule has 0 atom stereocenters. The normalized spacial score (nSPS) is 17.1. The van der Waals surface area contributed by atoms with E-state index in [1.54, 1.807) is 0 Å². The summed E-state index contributed by atoms with van der Waals surface area (Å²) < 4.78 is 37.7. The van der Waals surface area contributed by atoms with Crippen LogP contribution in [0, 0.1) is 0 Å². The van der Waals surface area contributed by atoms with Crippen molar-refractivity contribution in [2.75, 3.05) is 0 Å². The molecule has 1 aliphatic carbocycles. The van der Waals surface area contributed by atoms with Gasteiger partial charge in [0, 0.05) is 0 Å². The van der Waals surface area contributed by atoms with Crippen LogP contribution < -0.4 is 5.46 Å². The second-order valence-corrected chi connectivity index (χ2v) is 3.62. The minimum Gasteiger partial charge on any atom is -0.166 e. The van der Waals surface area contributed by atoms with Crippen molar-refractivity contribution in [2.24, 2.45) is 0 Å². The van der Waals surface area contributed by atoms with Gasteiger partial charge in [-0.25, -0.2) is 0 Å². The van der Waals surface area contributed by atoms with E-state index in [0.717, 1.165) is 18.9 Å². The molecule has 4 heteroatoms. The van der Waals surface area contributed by atoms with Crippen LogP contribution in [0.15, 0.2) is 18.2 Å². The van der Waals surface area contributed by atoms with Crippen LogP contribution in [0.25, 0.3) is 0 Å². The van der Waals surface area contributed by atoms with Gasteiger partial charge in [-0.1, -0.05) is 23.7 Å². The summed E-state index contributed by atoms with van der Waals surface area (Å²) in [5.41, 5.74) is -0.00609. The average molecular weight is 196 g/mol. The Labute approximate surface area is 81.5 Å². The lowest BCUT2D eigenvalue weighted by atomic mass is 9.90. The van der Waals surface area contributed by atoms with Crippen LogP contribution >= 0.6 is 0 Å². The van der Waals surface area contributed by atoms with Gasteiger partial charge in [0.15, 0.2) is 0 Å². The molecule has 0 heterocycles. The topological polar surface area (TPSA) is 0 Å². The molecule has 2 rings (SSSR count). The van der Waals surface area contributed by atoms with Crippen LogP contribution in [0.1, 0.15) is 29.9 Å². The zero-order valence-corrected chi connectivity index (χ0v) is 7.43. The second kappa shape index (κ2) is 3.04. The van der Waals surface area contributed by atoms with Crippen LogP contribution in [0.4, 0.5) is 13.2 Å². The van der Waals surface area contributed by atoms with Crippen LogP contribution in [0.2, 0.25) is 0 Å². The smallest absolute Gasteiger partial charge is 0.166 e. The van der Waals surface area contributed by atoms with Gasteiger partial charge in [0.05, 0.1) is 5.56 Å². The molecule has 2 radical (unpaired) electrons. The van der Waals surface area contributed by atoms with Crippen LogP contribution in [-0.2, 0) is 6.18 Å². The average Bonchev–Trinajstić information content (AvgIpc) is 2.85. The third-order valence-corrected chi connectivity index (χ3v) is 2.40. The fourth-order valence-electron chi connectivity index (χ4n) is 1.57. The number of alkyl halides is 3. The number of hydrogen-bond acceptors (Lipinski definition) is 0. The van der Waals surface area contributed by atoms with Gasteiger partial charge >= 0.3 is 6.18 Å². The van der Waals surface area contributed by atoms with E-state index in [9.17, 15) is 13.2 Å². The summed E-state index contributed by atoms with van der Waals surface area (Å²) in [6.45, 7) is 0. The van der Waals surface area contributed by atoms with E-state index in [2.05, 4.69) is 0 Å². The molecule has 72 valence electrons. The first-order valence-corrected chi connectivity index (χ1v) is 4.45. The third-order valence-electron chi connectivity index (χ3n) is 2.40. The zero-order chi connectivity index (χ0) is 10.3. The molecule has 0 N–H and O–H groups in total. The SMILES string of the molecule is [B]c1ccc(C2CC2)c(C(F)(F)F)c1. The van der Waals surface area contributed by atoms with E-state index in [1.165, 1.54) is 12.1 Å². The molecule has 1 aromatic carbocycles. The molecule has 0 spiro atoms. The molecule has 1 aliphatic rings. The molecule has 0 saturated heterocycles. The summed E-state index contributed by atoms with van der Waals surface area (Å²) in [5, 5.41) is 0. The van der Waals surface area contributed by atoms with Crippen LogP contribution in [0.3, 0.4) is 0 Å². The van der Waals surface area contributed by atoms with Crippen molar-refractivity contribution in [1.82, 2.24) is 0 Å². The van der Waals surface area contributed by atoms with Crippen molar-refractivity contribution in [3.05, 3.63) is 29.3 Å². The minimum absolute atomic E-state index is 0.0900. The molecule has 1 aromatic rings. The molecule has 0 aromatic heterocycles. The number of benzene rings is 1. The molecule has 0 bridgehead atoms. The van der Waals surface area contributed by atoms with E-state index in [0.29, 0.717) is 5.56 Å². The highest BCUT2D eigenvalue weighted by molar-refractivity contribution is 6.32. The predicted molar refractivity (Wildman–Crippen MR) is 48.8 cm³/mol. The highest BCUT2D eigenvalue weighted by Crippen LogP contribution is 2.45.